The van der Waals surface area contributed by atoms with Gasteiger partial charge in [0.2, 0.25) is 0 Å². The number of hydrogen-bond donors (Lipinski definition) is 1. The Hall–Kier alpha value is -1.12. The molecule has 0 saturated heterocycles. The van der Waals surface area contributed by atoms with Crippen LogP contribution >= 0.6 is 0 Å². The van der Waals surface area contributed by atoms with Gasteiger partial charge in [0.15, 0.2) is 0 Å². The van der Waals surface area contributed by atoms with Crippen molar-refractivity contribution in [2.24, 2.45) is 5.73 Å². The van der Waals surface area contributed by atoms with Gasteiger partial charge in [-0.2, -0.15) is 0 Å². The highest BCUT2D eigenvalue weighted by Gasteiger charge is 1.93. The average Bonchev–Trinajstić information content (AvgIpc) is 2.00. The van der Waals surface area contributed by atoms with Crippen molar-refractivity contribution in [1.29, 1.82) is 0 Å². The van der Waals surface area contributed by atoms with Crippen LogP contribution in [-0.2, 0) is 4.84 Å². The zero-order valence-electron chi connectivity index (χ0n) is 6.66. The molecule has 0 spiro atoms. The van der Waals surface area contributed by atoms with E-state index in [-0.39, 0.29) is 0 Å². The Labute approximate surface area is 61.7 Å². The van der Waals surface area contributed by atoms with Crippen molar-refractivity contribution in [2.45, 2.75) is 13.8 Å². The van der Waals surface area contributed by atoms with Crippen LogP contribution in [0, 0.1) is 0 Å². The molecule has 1 rings (SSSR count). The highest BCUT2D eigenvalue weighted by molar-refractivity contribution is 5.12. The van der Waals surface area contributed by atoms with Crippen molar-refractivity contribution in [3.05, 3.63) is 24.2 Å². The van der Waals surface area contributed by atoms with Gasteiger partial charge in [0.1, 0.15) is 6.26 Å². The van der Waals surface area contributed by atoms with Crippen molar-refractivity contribution < 1.29 is 4.84 Å². The number of hydroxylamine groups is 2. The van der Waals surface area contributed by atoms with Gasteiger partial charge in [-0.25, -0.2) is 5.06 Å². The number of nitrogens with zero attached hydrogens (tertiary/aromatic N) is 1. The van der Waals surface area contributed by atoms with Crippen LogP contribution in [0.2, 0.25) is 0 Å². The summed E-state index contributed by atoms with van der Waals surface area (Å²) in [6, 6.07) is 0. The van der Waals surface area contributed by atoms with E-state index >= 15 is 0 Å². The van der Waals surface area contributed by atoms with Crippen molar-refractivity contribution in [1.82, 2.24) is 5.06 Å². The molecule has 3 heteroatoms. The van der Waals surface area contributed by atoms with Gasteiger partial charge < -0.3 is 10.6 Å². The van der Waals surface area contributed by atoms with E-state index in [9.17, 15) is 0 Å². The van der Waals surface area contributed by atoms with Crippen molar-refractivity contribution in [2.75, 3.05) is 7.05 Å². The first-order valence-corrected chi connectivity index (χ1v) is 3.32. The predicted octanol–water partition coefficient (Wildman–Crippen LogP) is 1.20. The minimum Gasteiger partial charge on any atom is -0.396 e. The van der Waals surface area contributed by atoms with Gasteiger partial charge in [-0.15, -0.1) is 0 Å². The van der Waals surface area contributed by atoms with Gasteiger partial charge >= 0.3 is 0 Å². The third-order valence-electron chi connectivity index (χ3n) is 0.832. The van der Waals surface area contributed by atoms with Gasteiger partial charge in [0.25, 0.3) is 0 Å². The van der Waals surface area contributed by atoms with Crippen LogP contribution in [0.5, 0.6) is 0 Å². The van der Waals surface area contributed by atoms with E-state index in [1.807, 2.05) is 13.8 Å². The van der Waals surface area contributed by atoms with Crippen LogP contribution in [0.3, 0.4) is 0 Å². The summed E-state index contributed by atoms with van der Waals surface area (Å²) in [6.07, 6.45) is 5.00. The molecule has 10 heavy (non-hydrogen) atoms. The normalized spacial score (nSPS) is 14.7. The third-order valence-corrected chi connectivity index (χ3v) is 0.832. The summed E-state index contributed by atoms with van der Waals surface area (Å²) in [6.45, 7) is 4.00. The van der Waals surface area contributed by atoms with Crippen molar-refractivity contribution in [3.8, 4) is 0 Å². The van der Waals surface area contributed by atoms with E-state index < -0.39 is 0 Å². The molecule has 3 nitrogen and oxygen atoms in total. The minimum atomic E-state index is 0.642. The highest BCUT2D eigenvalue weighted by Crippen LogP contribution is 1.99. The fraction of sp³-hybridized carbons (Fsp3) is 0.429. The fourth-order valence-electron chi connectivity index (χ4n) is 0.409. The molecule has 0 amide bonds. The molecule has 1 aliphatic heterocycles. The van der Waals surface area contributed by atoms with Crippen LogP contribution < -0.4 is 5.73 Å². The molecule has 0 atom stereocenters. The predicted molar refractivity (Wildman–Crippen MR) is 41.6 cm³/mol. The Morgan fingerprint density at radius 1 is 1.50 bits per heavy atom. The summed E-state index contributed by atoms with van der Waals surface area (Å²) in [7, 11) is 1.79. The second kappa shape index (κ2) is 4.73. The van der Waals surface area contributed by atoms with Crippen LogP contribution in [0.1, 0.15) is 13.8 Å². The summed E-state index contributed by atoms with van der Waals surface area (Å²) in [4.78, 5) is 4.85. The third kappa shape index (κ3) is 3.02. The molecule has 0 aromatic rings. The maximum absolute atomic E-state index is 5.32. The van der Waals surface area contributed by atoms with E-state index in [2.05, 4.69) is 0 Å². The molecule has 1 heterocycles. The maximum Gasteiger partial charge on any atom is 0.142 e. The van der Waals surface area contributed by atoms with Gasteiger partial charge in [0, 0.05) is 13.2 Å². The van der Waals surface area contributed by atoms with Gasteiger partial charge in [0.05, 0.1) is 5.70 Å². The van der Waals surface area contributed by atoms with Crippen molar-refractivity contribution >= 4 is 0 Å². The van der Waals surface area contributed by atoms with E-state index in [0.29, 0.717) is 5.70 Å². The Bertz CT molecular complexity index is 141. The molecular formula is C7H14N2O. The molecule has 0 aromatic heterocycles. The lowest BCUT2D eigenvalue weighted by Crippen LogP contribution is -2.13. The van der Waals surface area contributed by atoms with E-state index in [4.69, 9.17) is 10.6 Å². The molecule has 0 aromatic carbocycles. The quantitative estimate of drug-likeness (QED) is 0.552. The fourth-order valence-corrected chi connectivity index (χ4v) is 0.409. The Morgan fingerprint density at radius 2 is 2.10 bits per heavy atom. The first-order valence-electron chi connectivity index (χ1n) is 3.32. The zero-order valence-corrected chi connectivity index (χ0v) is 6.66. The van der Waals surface area contributed by atoms with Crippen LogP contribution in [0.15, 0.2) is 24.2 Å². The van der Waals surface area contributed by atoms with E-state index in [0.717, 1.165) is 0 Å². The lowest BCUT2D eigenvalue weighted by molar-refractivity contribution is -0.0359. The highest BCUT2D eigenvalue weighted by atomic mass is 16.7. The molecule has 58 valence electrons. The molecular weight excluding hydrogens is 128 g/mol. The van der Waals surface area contributed by atoms with Crippen LogP contribution in [0.25, 0.3) is 0 Å². The van der Waals surface area contributed by atoms with Gasteiger partial charge in [-0.1, -0.05) is 13.8 Å². The monoisotopic (exact) mass is 142 g/mol. The molecule has 0 radical (unpaired) electrons. The standard InChI is InChI=1S/C5H8N2O.C2H6/c1-7-3-2-5(6)4-8-7;1-2/h2-4H,6H2,1H3;1-2H3. The topological polar surface area (TPSA) is 38.5 Å². The summed E-state index contributed by atoms with van der Waals surface area (Å²) in [5.74, 6) is 0. The smallest absolute Gasteiger partial charge is 0.142 e. The first kappa shape index (κ1) is 8.88. The number of nitrogens with two attached hydrogens (primary N) is 1. The number of allylic oxidation sites excluding steroid dienone is 1. The zero-order chi connectivity index (χ0) is 7.98. The minimum absolute atomic E-state index is 0.642. The Kier molecular flexibility index (Phi) is 4.20. The van der Waals surface area contributed by atoms with E-state index in [1.165, 1.54) is 6.26 Å². The summed E-state index contributed by atoms with van der Waals surface area (Å²) < 4.78 is 0. The van der Waals surface area contributed by atoms with E-state index in [1.54, 1.807) is 24.4 Å². The maximum atomic E-state index is 5.32. The Balaban J connectivity index is 0.000000371. The molecule has 0 unspecified atom stereocenters. The largest absolute Gasteiger partial charge is 0.396 e. The molecule has 0 bridgehead atoms. The summed E-state index contributed by atoms with van der Waals surface area (Å²) >= 11 is 0. The second-order valence-corrected chi connectivity index (χ2v) is 1.59. The van der Waals surface area contributed by atoms with Gasteiger partial charge in [-0.05, 0) is 6.08 Å². The lowest BCUT2D eigenvalue weighted by Gasteiger charge is -2.14. The van der Waals surface area contributed by atoms with Crippen LogP contribution in [-0.4, -0.2) is 12.1 Å². The first-order chi connectivity index (χ1) is 4.79. The molecule has 1 aliphatic rings. The van der Waals surface area contributed by atoms with Gasteiger partial charge in [-0.3, -0.25) is 0 Å². The average molecular weight is 142 g/mol. The number of hydrogen-bond acceptors (Lipinski definition) is 3. The molecule has 0 fully saturated rings. The molecule has 0 aliphatic carbocycles. The Morgan fingerprint density at radius 3 is 2.40 bits per heavy atom. The van der Waals surface area contributed by atoms with Crippen LogP contribution in [0.4, 0.5) is 0 Å². The summed E-state index contributed by atoms with van der Waals surface area (Å²) in [5, 5.41) is 1.57. The number of rotatable bonds is 0. The lowest BCUT2D eigenvalue weighted by atomic mass is 10.5. The van der Waals surface area contributed by atoms with Crippen molar-refractivity contribution in [3.63, 3.8) is 0 Å². The molecule has 2 N–H and O–H groups in total. The second-order valence-electron chi connectivity index (χ2n) is 1.59. The summed E-state index contributed by atoms with van der Waals surface area (Å²) in [5.41, 5.74) is 5.96. The molecule has 0 saturated carbocycles. The SMILES string of the molecule is CC.CN1C=CC(N)=CO1.